The lowest BCUT2D eigenvalue weighted by atomic mass is 9.80. The summed E-state index contributed by atoms with van der Waals surface area (Å²) in [7, 11) is 0. The highest BCUT2D eigenvalue weighted by molar-refractivity contribution is 5.35. The van der Waals surface area contributed by atoms with E-state index in [9.17, 15) is 0 Å². The molecule has 0 radical (unpaired) electrons. The maximum absolute atomic E-state index is 5.94. The monoisotopic (exact) mass is 188 g/mol. The van der Waals surface area contributed by atoms with Crippen LogP contribution in [0.5, 0.6) is 0 Å². The average Bonchev–Trinajstić information content (AvgIpc) is 2.59. The Morgan fingerprint density at radius 1 is 1.29 bits per heavy atom. The standard InChI is InChI=1S/C12H16N2/c13-12-7-10-9-4-2-1-3-8(9)5-6-11(10)14-12/h1-4,10-12,14H,5-7,13H2. The normalized spacial score (nSPS) is 35.1. The lowest BCUT2D eigenvalue weighted by molar-refractivity contribution is 0.471. The summed E-state index contributed by atoms with van der Waals surface area (Å²) < 4.78 is 0. The molecule has 3 N–H and O–H groups in total. The van der Waals surface area contributed by atoms with Gasteiger partial charge in [0.15, 0.2) is 0 Å². The average molecular weight is 188 g/mol. The van der Waals surface area contributed by atoms with Crippen molar-refractivity contribution in [2.24, 2.45) is 5.73 Å². The Hall–Kier alpha value is -0.860. The lowest BCUT2D eigenvalue weighted by Gasteiger charge is -2.27. The largest absolute Gasteiger partial charge is 0.316 e. The second kappa shape index (κ2) is 3.07. The van der Waals surface area contributed by atoms with E-state index < -0.39 is 0 Å². The van der Waals surface area contributed by atoms with Gasteiger partial charge in [0.2, 0.25) is 0 Å². The summed E-state index contributed by atoms with van der Waals surface area (Å²) >= 11 is 0. The molecule has 3 atom stereocenters. The molecule has 0 bridgehead atoms. The third-order valence-electron chi connectivity index (χ3n) is 3.60. The Bertz CT molecular complexity index is 348. The highest BCUT2D eigenvalue weighted by Crippen LogP contribution is 2.37. The number of hydrogen-bond donors (Lipinski definition) is 2. The van der Waals surface area contributed by atoms with Gasteiger partial charge >= 0.3 is 0 Å². The van der Waals surface area contributed by atoms with Crippen molar-refractivity contribution in [1.82, 2.24) is 5.32 Å². The molecule has 1 aromatic rings. The lowest BCUT2D eigenvalue weighted by Crippen LogP contribution is -2.37. The van der Waals surface area contributed by atoms with Crippen LogP contribution in [0.2, 0.25) is 0 Å². The number of hydrogen-bond acceptors (Lipinski definition) is 2. The first-order valence-corrected chi connectivity index (χ1v) is 5.44. The van der Waals surface area contributed by atoms with Crippen LogP contribution in [-0.4, -0.2) is 12.2 Å². The van der Waals surface area contributed by atoms with Gasteiger partial charge < -0.3 is 5.73 Å². The van der Waals surface area contributed by atoms with Crippen LogP contribution in [0.15, 0.2) is 24.3 Å². The van der Waals surface area contributed by atoms with Crippen LogP contribution >= 0.6 is 0 Å². The van der Waals surface area contributed by atoms with E-state index in [1.165, 1.54) is 24.0 Å². The molecule has 1 aromatic carbocycles. The first-order chi connectivity index (χ1) is 6.84. The van der Waals surface area contributed by atoms with Gasteiger partial charge in [0.1, 0.15) is 0 Å². The summed E-state index contributed by atoms with van der Waals surface area (Å²) in [5.41, 5.74) is 9.00. The van der Waals surface area contributed by atoms with Gasteiger partial charge in [0, 0.05) is 12.0 Å². The minimum atomic E-state index is 0.205. The number of nitrogens with one attached hydrogen (secondary N) is 1. The molecule has 0 saturated carbocycles. The maximum atomic E-state index is 5.94. The first-order valence-electron chi connectivity index (χ1n) is 5.44. The molecule has 74 valence electrons. The van der Waals surface area contributed by atoms with Crippen LogP contribution < -0.4 is 11.1 Å². The van der Waals surface area contributed by atoms with Crippen molar-refractivity contribution in [3.63, 3.8) is 0 Å². The van der Waals surface area contributed by atoms with Crippen molar-refractivity contribution >= 4 is 0 Å². The smallest absolute Gasteiger partial charge is 0.0555 e. The number of nitrogens with two attached hydrogens (primary N) is 1. The molecule has 1 fully saturated rings. The minimum absolute atomic E-state index is 0.205. The van der Waals surface area contributed by atoms with Gasteiger partial charge in [-0.3, -0.25) is 5.32 Å². The van der Waals surface area contributed by atoms with Crippen LogP contribution in [0.4, 0.5) is 0 Å². The number of benzene rings is 1. The summed E-state index contributed by atoms with van der Waals surface area (Å²) in [5, 5.41) is 3.47. The van der Waals surface area contributed by atoms with E-state index in [1.807, 2.05) is 0 Å². The molecule has 2 aliphatic rings. The van der Waals surface area contributed by atoms with Crippen LogP contribution in [0, 0.1) is 0 Å². The van der Waals surface area contributed by atoms with Gasteiger partial charge in [-0.05, 0) is 30.4 Å². The summed E-state index contributed by atoms with van der Waals surface area (Å²) in [5.74, 6) is 0.662. The third-order valence-corrected chi connectivity index (χ3v) is 3.60. The Kier molecular flexibility index (Phi) is 1.85. The van der Waals surface area contributed by atoms with Crippen LogP contribution in [0.1, 0.15) is 29.9 Å². The van der Waals surface area contributed by atoms with Crippen molar-refractivity contribution in [2.45, 2.75) is 37.4 Å². The molecule has 1 aliphatic heterocycles. The molecule has 3 rings (SSSR count). The van der Waals surface area contributed by atoms with Crippen molar-refractivity contribution in [1.29, 1.82) is 0 Å². The highest BCUT2D eigenvalue weighted by Gasteiger charge is 2.36. The van der Waals surface area contributed by atoms with Gasteiger partial charge in [-0.15, -0.1) is 0 Å². The fraction of sp³-hybridized carbons (Fsp3) is 0.500. The van der Waals surface area contributed by atoms with Crippen molar-refractivity contribution in [3.05, 3.63) is 35.4 Å². The van der Waals surface area contributed by atoms with Crippen molar-refractivity contribution < 1.29 is 0 Å². The van der Waals surface area contributed by atoms with E-state index in [0.717, 1.165) is 6.42 Å². The van der Waals surface area contributed by atoms with E-state index in [2.05, 4.69) is 29.6 Å². The topological polar surface area (TPSA) is 38.0 Å². The molecular weight excluding hydrogens is 172 g/mol. The molecule has 1 aliphatic carbocycles. The second-order valence-corrected chi connectivity index (χ2v) is 4.46. The molecule has 0 aromatic heterocycles. The summed E-state index contributed by atoms with van der Waals surface area (Å²) in [6, 6.07) is 9.44. The quantitative estimate of drug-likeness (QED) is 0.645. The number of rotatable bonds is 0. The van der Waals surface area contributed by atoms with E-state index in [1.54, 1.807) is 0 Å². The fourth-order valence-electron chi connectivity index (χ4n) is 2.96. The van der Waals surface area contributed by atoms with Crippen LogP contribution in [-0.2, 0) is 6.42 Å². The predicted molar refractivity (Wildman–Crippen MR) is 57.0 cm³/mol. The molecule has 0 amide bonds. The zero-order valence-corrected chi connectivity index (χ0v) is 8.24. The van der Waals surface area contributed by atoms with E-state index >= 15 is 0 Å². The van der Waals surface area contributed by atoms with Gasteiger partial charge in [0.25, 0.3) is 0 Å². The second-order valence-electron chi connectivity index (χ2n) is 4.46. The SMILES string of the molecule is NC1CC2c3ccccc3CCC2N1. The van der Waals surface area contributed by atoms with Gasteiger partial charge in [-0.25, -0.2) is 0 Å². The molecule has 2 heteroatoms. The van der Waals surface area contributed by atoms with Crippen molar-refractivity contribution in [2.75, 3.05) is 0 Å². The zero-order valence-electron chi connectivity index (χ0n) is 8.24. The van der Waals surface area contributed by atoms with E-state index in [4.69, 9.17) is 5.73 Å². The summed E-state index contributed by atoms with van der Waals surface area (Å²) in [6.45, 7) is 0. The molecule has 3 unspecified atom stereocenters. The van der Waals surface area contributed by atoms with Gasteiger partial charge in [-0.2, -0.15) is 0 Å². The molecule has 1 saturated heterocycles. The Balaban J connectivity index is 2.01. The summed E-state index contributed by atoms with van der Waals surface area (Å²) in [6.07, 6.45) is 3.75. The Labute approximate surface area is 84.5 Å². The molecule has 14 heavy (non-hydrogen) atoms. The fourth-order valence-corrected chi connectivity index (χ4v) is 2.96. The maximum Gasteiger partial charge on any atom is 0.0555 e. The van der Waals surface area contributed by atoms with Crippen LogP contribution in [0.3, 0.4) is 0 Å². The molecule has 2 nitrogen and oxygen atoms in total. The zero-order chi connectivity index (χ0) is 9.54. The summed E-state index contributed by atoms with van der Waals surface area (Å²) in [4.78, 5) is 0. The van der Waals surface area contributed by atoms with Gasteiger partial charge in [0.05, 0.1) is 6.17 Å². The molecular formula is C12H16N2. The van der Waals surface area contributed by atoms with Gasteiger partial charge in [-0.1, -0.05) is 24.3 Å². The number of fused-ring (bicyclic) bond motifs is 3. The third kappa shape index (κ3) is 1.18. The van der Waals surface area contributed by atoms with E-state index in [-0.39, 0.29) is 6.17 Å². The highest BCUT2D eigenvalue weighted by atomic mass is 15.1. The Morgan fingerprint density at radius 2 is 2.14 bits per heavy atom. The van der Waals surface area contributed by atoms with Crippen LogP contribution in [0.25, 0.3) is 0 Å². The molecule has 1 heterocycles. The predicted octanol–water partition coefficient (Wildman–Crippen LogP) is 1.36. The van der Waals surface area contributed by atoms with Crippen molar-refractivity contribution in [3.8, 4) is 0 Å². The first kappa shape index (κ1) is 8.45. The molecule has 0 spiro atoms. The number of aryl methyl sites for hydroxylation is 1. The Morgan fingerprint density at radius 3 is 3.07 bits per heavy atom. The minimum Gasteiger partial charge on any atom is -0.316 e. The van der Waals surface area contributed by atoms with E-state index in [0.29, 0.717) is 12.0 Å².